The average Bonchev–Trinajstić information content (AvgIpc) is 3.37. The van der Waals surface area contributed by atoms with Crippen molar-refractivity contribution in [2.24, 2.45) is 0 Å². The van der Waals surface area contributed by atoms with Gasteiger partial charge in [0.2, 0.25) is 0 Å². The maximum Gasteiger partial charge on any atom is 0.253 e. The first-order valence-electron chi connectivity index (χ1n) is 12.0. The Morgan fingerprint density at radius 2 is 1.81 bits per heavy atom. The summed E-state index contributed by atoms with van der Waals surface area (Å²) in [4.78, 5) is 18.6. The number of hydrogen-bond acceptors (Lipinski definition) is 6. The summed E-state index contributed by atoms with van der Waals surface area (Å²) in [5, 5.41) is 13.4. The molecule has 3 aromatic carbocycles. The summed E-state index contributed by atoms with van der Waals surface area (Å²) in [7, 11) is 1.61. The lowest BCUT2D eigenvalue weighted by molar-refractivity contribution is 0.214. The van der Waals surface area contributed by atoms with Crippen LogP contribution in [-0.4, -0.2) is 43.7 Å². The lowest BCUT2D eigenvalue weighted by Gasteiger charge is -2.30. The minimum atomic E-state index is -0.542. The van der Waals surface area contributed by atoms with E-state index >= 15 is 0 Å². The van der Waals surface area contributed by atoms with Gasteiger partial charge in [-0.15, -0.1) is 5.10 Å². The fourth-order valence-electron chi connectivity index (χ4n) is 4.52. The number of nitrogens with zero attached hydrogens (tertiary/aromatic N) is 5. The van der Waals surface area contributed by atoms with Gasteiger partial charge >= 0.3 is 0 Å². The molecule has 2 aromatic heterocycles. The van der Waals surface area contributed by atoms with Crippen molar-refractivity contribution in [2.75, 3.05) is 13.7 Å². The zero-order valence-corrected chi connectivity index (χ0v) is 20.6. The molecule has 5 rings (SSSR count). The Hall–Kier alpha value is -4.37. The highest BCUT2D eigenvalue weighted by Gasteiger charge is 2.30. The number of ether oxygens (including phenoxy) is 1. The summed E-state index contributed by atoms with van der Waals surface area (Å²) in [5.74, 6) is 0.909. The number of H-pyrrole nitrogens is 1. The Morgan fingerprint density at radius 3 is 2.54 bits per heavy atom. The summed E-state index contributed by atoms with van der Waals surface area (Å²) in [6.45, 7) is 3.60. The number of aromatic amines is 1. The molecule has 0 aliphatic rings. The van der Waals surface area contributed by atoms with Gasteiger partial charge in [-0.1, -0.05) is 49.4 Å². The van der Waals surface area contributed by atoms with Crippen molar-refractivity contribution in [1.82, 2.24) is 30.1 Å². The molecule has 0 fully saturated rings. The molecule has 0 aliphatic carbocycles. The second-order valence-corrected chi connectivity index (χ2v) is 8.78. The summed E-state index contributed by atoms with van der Waals surface area (Å²) < 4.78 is 20.5. The monoisotopic (exact) mass is 498 g/mol. The Morgan fingerprint density at radius 1 is 1.03 bits per heavy atom. The first kappa shape index (κ1) is 24.3. The van der Waals surface area contributed by atoms with E-state index in [9.17, 15) is 9.18 Å². The van der Waals surface area contributed by atoms with Crippen molar-refractivity contribution < 1.29 is 9.13 Å². The SMILES string of the molecule is CCN(Cc1ccccc1)C(c1cc2cc(OC)ccc2[nH]c1=O)c1nnnn1Cc1ccc(F)cc1. The largest absolute Gasteiger partial charge is 0.497 e. The molecule has 0 amide bonds. The Bertz CT molecular complexity index is 1550. The van der Waals surface area contributed by atoms with Gasteiger partial charge in [0.1, 0.15) is 17.6 Å². The van der Waals surface area contributed by atoms with E-state index in [0.29, 0.717) is 42.3 Å². The highest BCUT2D eigenvalue weighted by Crippen LogP contribution is 2.29. The van der Waals surface area contributed by atoms with Crippen LogP contribution in [-0.2, 0) is 13.1 Å². The van der Waals surface area contributed by atoms with E-state index in [-0.39, 0.29) is 11.4 Å². The fourth-order valence-corrected chi connectivity index (χ4v) is 4.52. The number of nitrogens with one attached hydrogen (secondary N) is 1. The second-order valence-electron chi connectivity index (χ2n) is 8.78. The van der Waals surface area contributed by atoms with Crippen LogP contribution in [0.5, 0.6) is 5.75 Å². The molecule has 8 nitrogen and oxygen atoms in total. The summed E-state index contributed by atoms with van der Waals surface area (Å²) >= 11 is 0. The molecule has 0 aliphatic heterocycles. The minimum absolute atomic E-state index is 0.217. The van der Waals surface area contributed by atoms with Crippen molar-refractivity contribution in [3.05, 3.63) is 118 Å². The molecule has 2 heterocycles. The van der Waals surface area contributed by atoms with E-state index in [2.05, 4.69) is 37.5 Å². The number of benzene rings is 3. The Balaban J connectivity index is 1.64. The van der Waals surface area contributed by atoms with E-state index < -0.39 is 6.04 Å². The van der Waals surface area contributed by atoms with Gasteiger partial charge in [-0.2, -0.15) is 0 Å². The van der Waals surface area contributed by atoms with Crippen LogP contribution >= 0.6 is 0 Å². The number of fused-ring (bicyclic) bond motifs is 1. The summed E-state index contributed by atoms with van der Waals surface area (Å²) in [6, 6.07) is 23.2. The molecule has 5 aromatic rings. The molecule has 0 radical (unpaired) electrons. The zero-order valence-electron chi connectivity index (χ0n) is 20.6. The first-order valence-corrected chi connectivity index (χ1v) is 12.0. The number of rotatable bonds is 9. The molecule has 1 atom stereocenters. The lowest BCUT2D eigenvalue weighted by atomic mass is 10.0. The van der Waals surface area contributed by atoms with E-state index in [1.54, 1.807) is 23.9 Å². The van der Waals surface area contributed by atoms with Gasteiger partial charge < -0.3 is 9.72 Å². The van der Waals surface area contributed by atoms with Crippen LogP contribution in [0.4, 0.5) is 4.39 Å². The molecule has 37 heavy (non-hydrogen) atoms. The highest BCUT2D eigenvalue weighted by atomic mass is 19.1. The highest BCUT2D eigenvalue weighted by molar-refractivity contribution is 5.80. The van der Waals surface area contributed by atoms with Crippen molar-refractivity contribution in [3.63, 3.8) is 0 Å². The lowest BCUT2D eigenvalue weighted by Crippen LogP contribution is -2.35. The maximum atomic E-state index is 13.5. The molecular weight excluding hydrogens is 471 g/mol. The van der Waals surface area contributed by atoms with Crippen LogP contribution < -0.4 is 10.3 Å². The van der Waals surface area contributed by atoms with Crippen LogP contribution in [0.3, 0.4) is 0 Å². The van der Waals surface area contributed by atoms with E-state index in [1.807, 2.05) is 49.4 Å². The van der Waals surface area contributed by atoms with Crippen LogP contribution in [0.2, 0.25) is 0 Å². The van der Waals surface area contributed by atoms with Crippen molar-refractivity contribution in [2.45, 2.75) is 26.1 Å². The second kappa shape index (κ2) is 10.7. The minimum Gasteiger partial charge on any atom is -0.497 e. The Labute approximate surface area is 213 Å². The standard InChI is InChI=1S/C28H27FN6O2/c1-3-34(17-19-7-5-4-6-8-19)26(24-16-21-15-23(37-2)13-14-25(21)30-28(24)36)27-31-32-33-35(27)18-20-9-11-22(29)12-10-20/h4-16,26H,3,17-18H2,1-2H3,(H,30,36). The summed E-state index contributed by atoms with van der Waals surface area (Å²) in [6.07, 6.45) is 0. The van der Waals surface area contributed by atoms with Crippen molar-refractivity contribution in [3.8, 4) is 5.75 Å². The number of tetrazole rings is 1. The molecule has 1 N–H and O–H groups in total. The predicted octanol–water partition coefficient (Wildman–Crippen LogP) is 4.32. The fraction of sp³-hybridized carbons (Fsp3) is 0.214. The third-order valence-corrected chi connectivity index (χ3v) is 6.42. The van der Waals surface area contributed by atoms with Gasteiger partial charge in [0.25, 0.3) is 5.56 Å². The Kier molecular flexibility index (Phi) is 7.04. The quantitative estimate of drug-likeness (QED) is 0.326. The van der Waals surface area contributed by atoms with Gasteiger partial charge in [-0.3, -0.25) is 9.69 Å². The first-order chi connectivity index (χ1) is 18.1. The normalized spacial score (nSPS) is 12.2. The van der Waals surface area contributed by atoms with Gasteiger partial charge in [0.05, 0.1) is 13.7 Å². The molecule has 9 heteroatoms. The number of hydrogen-bond donors (Lipinski definition) is 1. The third kappa shape index (κ3) is 5.26. The average molecular weight is 499 g/mol. The van der Waals surface area contributed by atoms with E-state index in [4.69, 9.17) is 4.74 Å². The van der Waals surface area contributed by atoms with Gasteiger partial charge in [-0.05, 0) is 64.5 Å². The topological polar surface area (TPSA) is 88.9 Å². The summed E-state index contributed by atoms with van der Waals surface area (Å²) in [5.41, 5.74) is 2.97. The molecular formula is C28H27FN6O2. The smallest absolute Gasteiger partial charge is 0.253 e. The molecule has 0 saturated carbocycles. The van der Waals surface area contributed by atoms with Crippen LogP contribution in [0.25, 0.3) is 10.9 Å². The van der Waals surface area contributed by atoms with Gasteiger partial charge in [0.15, 0.2) is 5.82 Å². The van der Waals surface area contributed by atoms with E-state index in [0.717, 1.165) is 16.5 Å². The van der Waals surface area contributed by atoms with Gasteiger partial charge in [-0.25, -0.2) is 9.07 Å². The van der Waals surface area contributed by atoms with Gasteiger partial charge in [0, 0.05) is 23.0 Å². The molecule has 0 spiro atoms. The van der Waals surface area contributed by atoms with Crippen LogP contribution in [0, 0.1) is 5.82 Å². The molecule has 0 saturated heterocycles. The van der Waals surface area contributed by atoms with Crippen LogP contribution in [0.1, 0.15) is 35.5 Å². The van der Waals surface area contributed by atoms with Crippen molar-refractivity contribution in [1.29, 1.82) is 0 Å². The number of pyridine rings is 1. The third-order valence-electron chi connectivity index (χ3n) is 6.42. The number of halogens is 1. The zero-order chi connectivity index (χ0) is 25.8. The number of aromatic nitrogens is 5. The molecule has 188 valence electrons. The van der Waals surface area contributed by atoms with E-state index in [1.165, 1.54) is 12.1 Å². The molecule has 0 bridgehead atoms. The predicted molar refractivity (Wildman–Crippen MR) is 139 cm³/mol. The van der Waals surface area contributed by atoms with Crippen molar-refractivity contribution >= 4 is 10.9 Å². The van der Waals surface area contributed by atoms with Crippen LogP contribution in [0.15, 0.2) is 83.7 Å². The number of methoxy groups -OCH3 is 1. The molecule has 1 unspecified atom stereocenters. The maximum absolute atomic E-state index is 13.5.